The van der Waals surface area contributed by atoms with Gasteiger partial charge < -0.3 is 4.42 Å². The van der Waals surface area contributed by atoms with Gasteiger partial charge in [-0.3, -0.25) is 4.79 Å². The van der Waals surface area contributed by atoms with Crippen molar-refractivity contribution >= 4 is 77.4 Å². The Morgan fingerprint density at radius 1 is 1.04 bits per heavy atom. The zero-order chi connectivity index (χ0) is 18.3. The highest BCUT2D eigenvalue weighted by Crippen LogP contribution is 2.36. The average molecular weight is 468 g/mol. The number of benzene rings is 2. The van der Waals surface area contributed by atoms with Crippen LogP contribution in [0.3, 0.4) is 0 Å². The van der Waals surface area contributed by atoms with Crippen molar-refractivity contribution in [1.29, 1.82) is 0 Å². The molecule has 0 atom stereocenters. The maximum atomic E-state index is 13.1. The molecule has 4 nitrogen and oxygen atoms in total. The third-order valence-electron chi connectivity index (χ3n) is 3.60. The quantitative estimate of drug-likeness (QED) is 0.328. The number of thiazole rings is 1. The zero-order valence-corrected chi connectivity index (χ0v) is 16.9. The van der Waals surface area contributed by atoms with E-state index in [1.165, 1.54) is 16.2 Å². The lowest BCUT2D eigenvalue weighted by Crippen LogP contribution is -2.25. The molecule has 0 saturated heterocycles. The number of aromatic nitrogens is 1. The smallest absolute Gasteiger partial charge is 0.300 e. The summed E-state index contributed by atoms with van der Waals surface area (Å²) in [6.07, 6.45) is 0. The van der Waals surface area contributed by atoms with Crippen LogP contribution in [0.1, 0.15) is 10.6 Å². The first-order valence-electron chi connectivity index (χ1n) is 7.43. The molecule has 2 heterocycles. The molecule has 2 aromatic carbocycles. The molecule has 0 aliphatic carbocycles. The van der Waals surface area contributed by atoms with Crippen LogP contribution in [0.2, 0.25) is 10.0 Å². The number of nitrogens with zero attached hydrogens (tertiary/aromatic N) is 2. The van der Waals surface area contributed by atoms with Gasteiger partial charge in [0, 0.05) is 10.0 Å². The second-order valence-corrected chi connectivity index (χ2v) is 7.99. The number of hydrogen-bond acceptors (Lipinski definition) is 4. The van der Waals surface area contributed by atoms with Crippen molar-refractivity contribution in [3.05, 3.63) is 75.1 Å². The van der Waals surface area contributed by atoms with Crippen molar-refractivity contribution in [2.75, 3.05) is 4.90 Å². The van der Waals surface area contributed by atoms with Crippen molar-refractivity contribution in [3.8, 4) is 0 Å². The van der Waals surface area contributed by atoms with E-state index < -0.39 is 0 Å². The summed E-state index contributed by atoms with van der Waals surface area (Å²) in [4.78, 5) is 19.2. The lowest BCUT2D eigenvalue weighted by Gasteiger charge is -2.18. The fourth-order valence-electron chi connectivity index (χ4n) is 2.43. The SMILES string of the molecule is O=C(c1ccc(Br)o1)N(c1ccc(Cl)cc1)c1nc2ccc(Cl)cc2s1. The minimum atomic E-state index is -0.330. The summed E-state index contributed by atoms with van der Waals surface area (Å²) in [5, 5.41) is 1.71. The highest BCUT2D eigenvalue weighted by molar-refractivity contribution is 9.10. The molecular weight excluding hydrogens is 459 g/mol. The predicted octanol–water partition coefficient (Wildman–Crippen LogP) is 6.94. The summed E-state index contributed by atoms with van der Waals surface area (Å²) in [5.41, 5.74) is 1.40. The third kappa shape index (κ3) is 3.38. The molecule has 26 heavy (non-hydrogen) atoms. The molecule has 0 aliphatic heterocycles. The summed E-state index contributed by atoms with van der Waals surface area (Å²) >= 11 is 16.7. The van der Waals surface area contributed by atoms with Crippen LogP contribution in [-0.2, 0) is 0 Å². The van der Waals surface area contributed by atoms with Crippen LogP contribution < -0.4 is 4.90 Å². The van der Waals surface area contributed by atoms with Crippen molar-refractivity contribution in [1.82, 2.24) is 4.98 Å². The summed E-state index contributed by atoms with van der Waals surface area (Å²) < 4.78 is 6.81. The Hall–Kier alpha value is -1.86. The van der Waals surface area contributed by atoms with Gasteiger partial charge in [0.15, 0.2) is 15.6 Å². The molecule has 0 fully saturated rings. The van der Waals surface area contributed by atoms with E-state index >= 15 is 0 Å². The minimum absolute atomic E-state index is 0.198. The molecule has 0 bridgehead atoms. The van der Waals surface area contributed by atoms with Gasteiger partial charge in [-0.05, 0) is 70.5 Å². The molecule has 0 radical (unpaired) electrons. The van der Waals surface area contributed by atoms with Gasteiger partial charge in [0.2, 0.25) is 0 Å². The van der Waals surface area contributed by atoms with Crippen molar-refractivity contribution in [2.24, 2.45) is 0 Å². The maximum absolute atomic E-state index is 13.1. The molecule has 4 aromatic rings. The number of carbonyl (C=O) groups excluding carboxylic acids is 1. The van der Waals surface area contributed by atoms with Gasteiger partial charge in [0.25, 0.3) is 5.91 Å². The van der Waals surface area contributed by atoms with Crippen LogP contribution in [0.5, 0.6) is 0 Å². The zero-order valence-electron chi connectivity index (χ0n) is 12.9. The Morgan fingerprint density at radius 3 is 2.46 bits per heavy atom. The fraction of sp³-hybridized carbons (Fsp3) is 0. The number of fused-ring (bicyclic) bond motifs is 1. The van der Waals surface area contributed by atoms with Crippen LogP contribution in [0.15, 0.2) is 63.7 Å². The summed E-state index contributed by atoms with van der Waals surface area (Å²) in [6.45, 7) is 0. The Kier molecular flexibility index (Phi) is 4.75. The Labute approximate surface area is 171 Å². The van der Waals surface area contributed by atoms with E-state index in [4.69, 9.17) is 27.6 Å². The minimum Gasteiger partial charge on any atom is -0.444 e. The Bertz CT molecular complexity index is 1110. The number of anilines is 2. The monoisotopic (exact) mass is 466 g/mol. The highest BCUT2D eigenvalue weighted by atomic mass is 79.9. The van der Waals surface area contributed by atoms with Gasteiger partial charge in [-0.25, -0.2) is 9.88 Å². The van der Waals surface area contributed by atoms with Crippen LogP contribution >= 0.6 is 50.5 Å². The van der Waals surface area contributed by atoms with Gasteiger partial charge in [-0.15, -0.1) is 0 Å². The van der Waals surface area contributed by atoms with Crippen LogP contribution in [0, 0.1) is 0 Å². The molecule has 0 N–H and O–H groups in total. The summed E-state index contributed by atoms with van der Waals surface area (Å²) in [7, 11) is 0. The normalized spacial score (nSPS) is 11.0. The molecule has 0 unspecified atom stereocenters. The van der Waals surface area contributed by atoms with E-state index in [2.05, 4.69) is 20.9 Å². The molecule has 8 heteroatoms. The van der Waals surface area contributed by atoms with E-state index in [9.17, 15) is 4.79 Å². The lowest BCUT2D eigenvalue weighted by atomic mass is 10.2. The van der Waals surface area contributed by atoms with Gasteiger partial charge in [-0.2, -0.15) is 0 Å². The fourth-order valence-corrected chi connectivity index (χ4v) is 4.12. The molecular formula is C18H9BrCl2N2O2S. The molecule has 0 saturated carbocycles. The van der Waals surface area contributed by atoms with Gasteiger partial charge in [0.1, 0.15) is 0 Å². The number of carbonyl (C=O) groups is 1. The number of rotatable bonds is 3. The molecule has 0 spiro atoms. The number of halogens is 3. The number of hydrogen-bond donors (Lipinski definition) is 0. The topological polar surface area (TPSA) is 46.3 Å². The van der Waals surface area contributed by atoms with E-state index in [0.29, 0.717) is 25.5 Å². The van der Waals surface area contributed by atoms with Crippen molar-refractivity contribution in [2.45, 2.75) is 0 Å². The summed E-state index contributed by atoms with van der Waals surface area (Å²) in [5.74, 6) is -0.132. The molecule has 130 valence electrons. The second kappa shape index (κ2) is 7.04. The van der Waals surface area contributed by atoms with Gasteiger partial charge in [-0.1, -0.05) is 34.5 Å². The van der Waals surface area contributed by atoms with E-state index in [1.54, 1.807) is 42.5 Å². The maximum Gasteiger partial charge on any atom is 0.300 e. The first-order valence-corrected chi connectivity index (χ1v) is 9.79. The molecule has 2 aromatic heterocycles. The standard InChI is InChI=1S/C18H9BrCl2N2O2S/c19-16-8-7-14(25-16)17(24)23(12-4-1-10(20)2-5-12)18-22-13-6-3-11(21)9-15(13)26-18/h1-9H. The van der Waals surface area contributed by atoms with Crippen molar-refractivity contribution in [3.63, 3.8) is 0 Å². The van der Waals surface area contributed by atoms with Gasteiger partial charge >= 0.3 is 0 Å². The van der Waals surface area contributed by atoms with Gasteiger partial charge in [0.05, 0.1) is 15.9 Å². The predicted molar refractivity (Wildman–Crippen MR) is 109 cm³/mol. The average Bonchev–Trinajstić information content (AvgIpc) is 3.22. The lowest BCUT2D eigenvalue weighted by molar-refractivity contribution is 0.0971. The largest absolute Gasteiger partial charge is 0.444 e. The van der Waals surface area contributed by atoms with Crippen LogP contribution in [-0.4, -0.2) is 10.9 Å². The summed E-state index contributed by atoms with van der Waals surface area (Å²) in [6, 6.07) is 15.7. The molecule has 4 rings (SSSR count). The third-order valence-corrected chi connectivity index (χ3v) is 5.52. The van der Waals surface area contributed by atoms with E-state index in [0.717, 1.165) is 10.2 Å². The Morgan fingerprint density at radius 2 is 1.77 bits per heavy atom. The van der Waals surface area contributed by atoms with Crippen LogP contribution in [0.25, 0.3) is 10.2 Å². The molecule has 0 aliphatic rings. The van der Waals surface area contributed by atoms with E-state index in [-0.39, 0.29) is 11.7 Å². The number of furan rings is 1. The molecule has 1 amide bonds. The van der Waals surface area contributed by atoms with E-state index in [1.807, 2.05) is 12.1 Å². The number of amides is 1. The second-order valence-electron chi connectivity index (χ2n) is 5.33. The van der Waals surface area contributed by atoms with Crippen LogP contribution in [0.4, 0.5) is 10.8 Å². The van der Waals surface area contributed by atoms with Crippen molar-refractivity contribution < 1.29 is 9.21 Å². The first-order chi connectivity index (χ1) is 12.5. The first kappa shape index (κ1) is 17.5. The highest BCUT2D eigenvalue weighted by Gasteiger charge is 2.25. The Balaban J connectivity index is 1.85.